The van der Waals surface area contributed by atoms with Gasteiger partial charge in [0.05, 0.1) is 11.7 Å². The highest BCUT2D eigenvalue weighted by Crippen LogP contribution is 2.25. The van der Waals surface area contributed by atoms with Crippen LogP contribution in [0.2, 0.25) is 0 Å². The Morgan fingerprint density at radius 1 is 1.39 bits per heavy atom. The number of benzene rings is 1. The molecule has 0 fully saturated rings. The molecular weight excluding hydrogens is 304 g/mol. The number of rotatable bonds is 5. The first-order chi connectivity index (χ1) is 10.8. The van der Waals surface area contributed by atoms with Gasteiger partial charge in [-0.2, -0.15) is 5.10 Å². The van der Waals surface area contributed by atoms with Crippen molar-refractivity contribution in [3.05, 3.63) is 41.6 Å². The van der Waals surface area contributed by atoms with Crippen LogP contribution in [0.3, 0.4) is 0 Å². The van der Waals surface area contributed by atoms with E-state index in [1.807, 2.05) is 13.8 Å². The van der Waals surface area contributed by atoms with Gasteiger partial charge in [0, 0.05) is 31.4 Å². The number of halogens is 2. The van der Waals surface area contributed by atoms with Gasteiger partial charge in [0.15, 0.2) is 0 Å². The van der Waals surface area contributed by atoms with Crippen molar-refractivity contribution in [2.75, 3.05) is 6.54 Å². The highest BCUT2D eigenvalue weighted by Gasteiger charge is 2.21. The predicted octanol–water partition coefficient (Wildman–Crippen LogP) is 2.11. The number of amides is 1. The molecule has 1 aromatic carbocycles. The number of aliphatic hydroxyl groups is 1. The van der Waals surface area contributed by atoms with Gasteiger partial charge >= 0.3 is 0 Å². The van der Waals surface area contributed by atoms with Crippen LogP contribution < -0.4 is 5.32 Å². The van der Waals surface area contributed by atoms with Crippen molar-refractivity contribution < 1.29 is 18.7 Å². The average molecular weight is 323 g/mol. The number of carbonyl (C=O) groups is 1. The lowest BCUT2D eigenvalue weighted by molar-refractivity contribution is 0.0872. The van der Waals surface area contributed by atoms with E-state index >= 15 is 0 Å². The molecule has 0 bridgehead atoms. The smallest absolute Gasteiger partial charge is 0.255 e. The van der Waals surface area contributed by atoms with E-state index in [1.165, 1.54) is 16.9 Å². The van der Waals surface area contributed by atoms with Gasteiger partial charge in [-0.3, -0.25) is 9.48 Å². The summed E-state index contributed by atoms with van der Waals surface area (Å²) in [6, 6.07) is 3.10. The van der Waals surface area contributed by atoms with Crippen molar-refractivity contribution in [1.82, 2.24) is 15.1 Å². The van der Waals surface area contributed by atoms with Crippen LogP contribution in [0.25, 0.3) is 11.3 Å². The zero-order valence-corrected chi connectivity index (χ0v) is 13.2. The number of aromatic nitrogens is 2. The molecule has 0 saturated heterocycles. The van der Waals surface area contributed by atoms with Crippen LogP contribution in [0.15, 0.2) is 24.4 Å². The lowest BCUT2D eigenvalue weighted by Crippen LogP contribution is -2.34. The number of aryl methyl sites for hydroxylation is 1. The maximum absolute atomic E-state index is 13.9. The molecule has 0 saturated carbocycles. The molecule has 0 aliphatic heterocycles. The summed E-state index contributed by atoms with van der Waals surface area (Å²) in [5, 5.41) is 16.4. The Bertz CT molecular complexity index is 713. The summed E-state index contributed by atoms with van der Waals surface area (Å²) >= 11 is 0. The third-order valence-corrected chi connectivity index (χ3v) is 3.50. The van der Waals surface area contributed by atoms with Gasteiger partial charge in [0.25, 0.3) is 5.91 Å². The van der Waals surface area contributed by atoms with E-state index in [1.54, 1.807) is 7.05 Å². The van der Waals surface area contributed by atoms with Crippen LogP contribution in [0, 0.1) is 17.6 Å². The Balaban J connectivity index is 2.28. The van der Waals surface area contributed by atoms with Crippen molar-refractivity contribution >= 4 is 5.91 Å². The third-order valence-electron chi connectivity index (χ3n) is 3.50. The van der Waals surface area contributed by atoms with Gasteiger partial charge in [0.2, 0.25) is 0 Å². The van der Waals surface area contributed by atoms with Crippen LogP contribution in [0.5, 0.6) is 0 Å². The molecule has 1 amide bonds. The van der Waals surface area contributed by atoms with Gasteiger partial charge in [0.1, 0.15) is 17.3 Å². The number of nitrogens with zero attached hydrogens (tertiary/aromatic N) is 2. The van der Waals surface area contributed by atoms with E-state index in [4.69, 9.17) is 0 Å². The lowest BCUT2D eigenvalue weighted by atomic mass is 10.1. The van der Waals surface area contributed by atoms with Crippen LogP contribution in [-0.2, 0) is 7.05 Å². The highest BCUT2D eigenvalue weighted by molar-refractivity contribution is 5.99. The average Bonchev–Trinajstić information content (AvgIpc) is 2.86. The van der Waals surface area contributed by atoms with E-state index in [0.717, 1.165) is 12.1 Å². The Kier molecular flexibility index (Phi) is 5.10. The minimum absolute atomic E-state index is 0.00166. The fourth-order valence-corrected chi connectivity index (χ4v) is 2.06. The van der Waals surface area contributed by atoms with Gasteiger partial charge in [-0.1, -0.05) is 13.8 Å². The van der Waals surface area contributed by atoms with Gasteiger partial charge in [-0.15, -0.1) is 0 Å². The Morgan fingerprint density at radius 2 is 2.09 bits per heavy atom. The Labute approximate surface area is 132 Å². The molecule has 0 spiro atoms. The summed E-state index contributed by atoms with van der Waals surface area (Å²) < 4.78 is 28.4. The van der Waals surface area contributed by atoms with Crippen molar-refractivity contribution in [1.29, 1.82) is 0 Å². The fourth-order valence-electron chi connectivity index (χ4n) is 2.06. The molecular formula is C16H19F2N3O2. The maximum Gasteiger partial charge on any atom is 0.255 e. The number of aliphatic hydroxyl groups excluding tert-OH is 1. The number of carbonyl (C=O) groups excluding carboxylic acids is 1. The molecule has 0 aliphatic carbocycles. The summed E-state index contributed by atoms with van der Waals surface area (Å²) in [5.74, 6) is -1.97. The second-order valence-electron chi connectivity index (χ2n) is 5.71. The molecule has 2 aromatic rings. The van der Waals surface area contributed by atoms with Crippen LogP contribution in [-0.4, -0.2) is 33.4 Å². The van der Waals surface area contributed by atoms with E-state index in [9.17, 15) is 18.7 Å². The second kappa shape index (κ2) is 6.87. The molecule has 1 aromatic heterocycles. The molecule has 0 radical (unpaired) electrons. The normalized spacial score (nSPS) is 12.5. The molecule has 5 nitrogen and oxygen atoms in total. The molecule has 2 N–H and O–H groups in total. The largest absolute Gasteiger partial charge is 0.391 e. The van der Waals surface area contributed by atoms with Crippen molar-refractivity contribution in [3.8, 4) is 11.3 Å². The van der Waals surface area contributed by atoms with E-state index in [-0.39, 0.29) is 29.3 Å². The molecule has 1 heterocycles. The quantitative estimate of drug-likeness (QED) is 0.885. The zero-order valence-electron chi connectivity index (χ0n) is 13.2. The first-order valence-corrected chi connectivity index (χ1v) is 7.25. The molecule has 7 heteroatoms. The maximum atomic E-state index is 13.9. The second-order valence-corrected chi connectivity index (χ2v) is 5.71. The summed E-state index contributed by atoms with van der Waals surface area (Å²) in [6.07, 6.45) is 0.775. The first-order valence-electron chi connectivity index (χ1n) is 7.25. The Hall–Kier alpha value is -2.28. The number of hydrogen-bond acceptors (Lipinski definition) is 3. The highest BCUT2D eigenvalue weighted by atomic mass is 19.1. The molecule has 124 valence electrons. The van der Waals surface area contributed by atoms with E-state index < -0.39 is 23.6 Å². The molecule has 23 heavy (non-hydrogen) atoms. The summed E-state index contributed by atoms with van der Waals surface area (Å²) in [4.78, 5) is 12.3. The lowest BCUT2D eigenvalue weighted by Gasteiger charge is -2.15. The minimum atomic E-state index is -0.792. The van der Waals surface area contributed by atoms with Crippen molar-refractivity contribution in [2.24, 2.45) is 13.0 Å². The van der Waals surface area contributed by atoms with Crippen molar-refractivity contribution in [2.45, 2.75) is 20.0 Å². The predicted molar refractivity (Wildman–Crippen MR) is 81.7 cm³/mol. The standard InChI is InChI=1S/C16H19F2N3O2/c1-9(2)14(22)7-19-16(23)12-8-21(3)20-15(12)11-5-4-10(17)6-13(11)18/h4-6,8-9,14,22H,7H2,1-3H3,(H,19,23). The van der Waals surface area contributed by atoms with Gasteiger partial charge in [-0.05, 0) is 18.1 Å². The molecule has 2 rings (SSSR count). The molecule has 1 unspecified atom stereocenters. The fraction of sp³-hybridized carbons (Fsp3) is 0.375. The third kappa shape index (κ3) is 3.92. The number of nitrogens with one attached hydrogen (secondary N) is 1. The van der Waals surface area contributed by atoms with Crippen molar-refractivity contribution in [3.63, 3.8) is 0 Å². The van der Waals surface area contributed by atoms with Crippen LogP contribution >= 0.6 is 0 Å². The van der Waals surface area contributed by atoms with Crippen LogP contribution in [0.4, 0.5) is 8.78 Å². The van der Waals surface area contributed by atoms with Gasteiger partial charge < -0.3 is 10.4 Å². The summed E-state index contributed by atoms with van der Waals surface area (Å²) in [7, 11) is 1.60. The van der Waals surface area contributed by atoms with E-state index in [0.29, 0.717) is 0 Å². The van der Waals surface area contributed by atoms with Gasteiger partial charge in [-0.25, -0.2) is 8.78 Å². The zero-order chi connectivity index (χ0) is 17.1. The monoisotopic (exact) mass is 323 g/mol. The SMILES string of the molecule is CC(C)C(O)CNC(=O)c1cn(C)nc1-c1ccc(F)cc1F. The molecule has 1 atom stereocenters. The Morgan fingerprint density at radius 3 is 2.70 bits per heavy atom. The van der Waals surface area contributed by atoms with Crippen LogP contribution in [0.1, 0.15) is 24.2 Å². The number of hydrogen-bond donors (Lipinski definition) is 2. The minimum Gasteiger partial charge on any atom is -0.391 e. The summed E-state index contributed by atoms with van der Waals surface area (Å²) in [6.45, 7) is 3.75. The summed E-state index contributed by atoms with van der Waals surface area (Å²) in [5.41, 5.74) is 0.331. The first kappa shape index (κ1) is 17.1. The topological polar surface area (TPSA) is 67.2 Å². The van der Waals surface area contributed by atoms with E-state index in [2.05, 4.69) is 10.4 Å². The molecule has 0 aliphatic rings.